The minimum Gasteiger partial charge on any atom is -0.370 e. The van der Waals surface area contributed by atoms with Crippen LogP contribution in [-0.4, -0.2) is 17.4 Å². The fourth-order valence-electron chi connectivity index (χ4n) is 1.68. The smallest absolute Gasteiger partial charge is 0.255 e. The fraction of sp³-hybridized carbons (Fsp3) is 0.143. The molecule has 0 fully saturated rings. The molecule has 0 bridgehead atoms. The Kier molecular flexibility index (Phi) is 5.14. The lowest BCUT2D eigenvalue weighted by Gasteiger charge is -2.08. The molecule has 4 nitrogen and oxygen atoms in total. The number of carbonyl (C=O) groups excluding carboxylic acids is 1. The molecule has 0 aliphatic rings. The van der Waals surface area contributed by atoms with E-state index in [0.29, 0.717) is 28.1 Å². The van der Waals surface area contributed by atoms with Gasteiger partial charge in [-0.1, -0.05) is 11.6 Å². The second-order valence-corrected chi connectivity index (χ2v) is 5.42. The summed E-state index contributed by atoms with van der Waals surface area (Å²) in [6.07, 6.45) is 0. The van der Waals surface area contributed by atoms with Crippen molar-refractivity contribution in [1.29, 1.82) is 0 Å². The maximum Gasteiger partial charge on any atom is 0.255 e. The van der Waals surface area contributed by atoms with Crippen LogP contribution in [0.15, 0.2) is 34.8 Å². The molecule has 21 heavy (non-hydrogen) atoms. The number of hydrogen-bond donors (Lipinski definition) is 2. The van der Waals surface area contributed by atoms with Gasteiger partial charge in [-0.3, -0.25) is 4.79 Å². The van der Waals surface area contributed by atoms with Gasteiger partial charge >= 0.3 is 0 Å². The van der Waals surface area contributed by atoms with Gasteiger partial charge in [0, 0.05) is 17.8 Å². The Labute approximate surface area is 134 Å². The Morgan fingerprint density at radius 1 is 1.38 bits per heavy atom. The molecule has 1 amide bonds. The molecule has 0 aliphatic carbocycles. The van der Waals surface area contributed by atoms with E-state index in [-0.39, 0.29) is 11.1 Å². The summed E-state index contributed by atoms with van der Waals surface area (Å²) >= 11 is 8.94. The van der Waals surface area contributed by atoms with Crippen molar-refractivity contribution in [1.82, 2.24) is 4.98 Å². The van der Waals surface area contributed by atoms with Crippen LogP contribution in [0.25, 0.3) is 0 Å². The molecule has 2 rings (SSSR count). The minimum atomic E-state index is -0.450. The average Bonchev–Trinajstić information content (AvgIpc) is 2.42. The molecule has 0 saturated carbocycles. The molecule has 0 spiro atoms. The third-order valence-corrected chi connectivity index (χ3v) is 3.43. The number of halogens is 3. The highest BCUT2D eigenvalue weighted by molar-refractivity contribution is 9.10. The zero-order chi connectivity index (χ0) is 15.4. The predicted molar refractivity (Wildman–Crippen MR) is 85.5 cm³/mol. The van der Waals surface area contributed by atoms with E-state index in [2.05, 4.69) is 31.5 Å². The molecule has 0 radical (unpaired) electrons. The first-order valence-electron chi connectivity index (χ1n) is 6.17. The van der Waals surface area contributed by atoms with Gasteiger partial charge in [0.1, 0.15) is 16.8 Å². The first kappa shape index (κ1) is 15.7. The van der Waals surface area contributed by atoms with Crippen molar-refractivity contribution in [3.8, 4) is 0 Å². The largest absolute Gasteiger partial charge is 0.370 e. The number of benzene rings is 1. The average molecular weight is 373 g/mol. The lowest BCUT2D eigenvalue weighted by Crippen LogP contribution is -2.13. The highest BCUT2D eigenvalue weighted by Gasteiger charge is 2.10. The van der Waals surface area contributed by atoms with Crippen LogP contribution in [0.1, 0.15) is 17.3 Å². The van der Waals surface area contributed by atoms with Crippen molar-refractivity contribution in [3.63, 3.8) is 0 Å². The third-order valence-electron chi connectivity index (χ3n) is 2.59. The van der Waals surface area contributed by atoms with Crippen molar-refractivity contribution >= 4 is 44.9 Å². The van der Waals surface area contributed by atoms with Gasteiger partial charge in [0.15, 0.2) is 0 Å². The van der Waals surface area contributed by atoms with Gasteiger partial charge < -0.3 is 10.6 Å². The van der Waals surface area contributed by atoms with E-state index in [1.54, 1.807) is 12.1 Å². The summed E-state index contributed by atoms with van der Waals surface area (Å²) in [5.74, 6) is -0.328. The Morgan fingerprint density at radius 3 is 2.81 bits per heavy atom. The topological polar surface area (TPSA) is 54.0 Å². The van der Waals surface area contributed by atoms with E-state index in [4.69, 9.17) is 11.6 Å². The highest BCUT2D eigenvalue weighted by atomic mass is 79.9. The zero-order valence-electron chi connectivity index (χ0n) is 11.1. The van der Waals surface area contributed by atoms with Gasteiger partial charge in [0.25, 0.3) is 5.91 Å². The molecule has 2 N–H and O–H groups in total. The van der Waals surface area contributed by atoms with Crippen LogP contribution in [0.4, 0.5) is 15.9 Å². The first-order chi connectivity index (χ1) is 9.99. The summed E-state index contributed by atoms with van der Waals surface area (Å²) in [7, 11) is 0. The second-order valence-electron chi connectivity index (χ2n) is 4.18. The number of nitrogens with one attached hydrogen (secondary N) is 2. The van der Waals surface area contributed by atoms with E-state index < -0.39 is 5.82 Å². The summed E-state index contributed by atoms with van der Waals surface area (Å²) in [4.78, 5) is 16.2. The Morgan fingerprint density at radius 2 is 2.14 bits per heavy atom. The van der Waals surface area contributed by atoms with E-state index in [1.165, 1.54) is 18.2 Å². The van der Waals surface area contributed by atoms with Gasteiger partial charge in [-0.25, -0.2) is 9.37 Å². The molecule has 1 heterocycles. The van der Waals surface area contributed by atoms with Crippen LogP contribution in [0.5, 0.6) is 0 Å². The predicted octanol–water partition coefficient (Wildman–Crippen LogP) is 4.32. The summed E-state index contributed by atoms with van der Waals surface area (Å²) in [5.41, 5.74) is 0.702. The standard InChI is InChI=1S/C14H12BrClFN3O/c1-2-18-13-6-8(5-12(16)20-13)14(21)19-9-3-4-10(15)11(17)7-9/h3-7H,2H2,1H3,(H,18,20)(H,19,21). The summed E-state index contributed by atoms with van der Waals surface area (Å²) in [6.45, 7) is 2.57. The molecule has 1 aromatic heterocycles. The van der Waals surface area contributed by atoms with Gasteiger partial charge in [-0.05, 0) is 53.2 Å². The van der Waals surface area contributed by atoms with Crippen molar-refractivity contribution in [2.24, 2.45) is 0 Å². The van der Waals surface area contributed by atoms with Gasteiger partial charge in [-0.15, -0.1) is 0 Å². The quantitative estimate of drug-likeness (QED) is 0.786. The Bertz CT molecular complexity index is 681. The van der Waals surface area contributed by atoms with Crippen molar-refractivity contribution in [2.75, 3.05) is 17.2 Å². The number of pyridine rings is 1. The van der Waals surface area contributed by atoms with Crippen molar-refractivity contribution < 1.29 is 9.18 Å². The van der Waals surface area contributed by atoms with Crippen LogP contribution in [0.2, 0.25) is 5.15 Å². The number of anilines is 2. The van der Waals surface area contributed by atoms with E-state index in [0.717, 1.165) is 0 Å². The molecule has 2 aromatic rings. The highest BCUT2D eigenvalue weighted by Crippen LogP contribution is 2.21. The number of aromatic nitrogens is 1. The number of carbonyl (C=O) groups is 1. The fourth-order valence-corrected chi connectivity index (χ4v) is 2.13. The molecule has 0 aliphatic heterocycles. The van der Waals surface area contributed by atoms with Crippen LogP contribution >= 0.6 is 27.5 Å². The molecular weight excluding hydrogens is 361 g/mol. The summed E-state index contributed by atoms with van der Waals surface area (Å²) < 4.78 is 13.8. The maximum atomic E-state index is 13.4. The lowest BCUT2D eigenvalue weighted by atomic mass is 10.2. The minimum absolute atomic E-state index is 0.209. The van der Waals surface area contributed by atoms with E-state index in [9.17, 15) is 9.18 Å². The van der Waals surface area contributed by atoms with Crippen molar-refractivity contribution in [3.05, 3.63) is 51.3 Å². The van der Waals surface area contributed by atoms with Crippen molar-refractivity contribution in [2.45, 2.75) is 6.92 Å². The third kappa shape index (κ3) is 4.15. The number of amides is 1. The number of nitrogens with zero attached hydrogens (tertiary/aromatic N) is 1. The van der Waals surface area contributed by atoms with Crippen LogP contribution < -0.4 is 10.6 Å². The van der Waals surface area contributed by atoms with Crippen LogP contribution in [0.3, 0.4) is 0 Å². The molecule has 1 aromatic carbocycles. The Hall–Kier alpha value is -1.66. The lowest BCUT2D eigenvalue weighted by molar-refractivity contribution is 0.102. The normalized spacial score (nSPS) is 10.3. The summed E-state index contributed by atoms with van der Waals surface area (Å²) in [6, 6.07) is 7.39. The van der Waals surface area contributed by atoms with Crippen LogP contribution in [0, 0.1) is 5.82 Å². The van der Waals surface area contributed by atoms with Gasteiger partial charge in [0.05, 0.1) is 4.47 Å². The Balaban J connectivity index is 2.21. The molecule has 0 unspecified atom stereocenters. The van der Waals surface area contributed by atoms with E-state index >= 15 is 0 Å². The maximum absolute atomic E-state index is 13.4. The first-order valence-corrected chi connectivity index (χ1v) is 7.34. The van der Waals surface area contributed by atoms with Gasteiger partial charge in [0.2, 0.25) is 0 Å². The molecular formula is C14H12BrClFN3O. The SMILES string of the molecule is CCNc1cc(C(=O)Nc2ccc(Br)c(F)c2)cc(Cl)n1. The second kappa shape index (κ2) is 6.87. The number of hydrogen-bond acceptors (Lipinski definition) is 3. The number of rotatable bonds is 4. The van der Waals surface area contributed by atoms with Crippen LogP contribution in [-0.2, 0) is 0 Å². The zero-order valence-corrected chi connectivity index (χ0v) is 13.4. The molecule has 0 atom stereocenters. The van der Waals surface area contributed by atoms with E-state index in [1.807, 2.05) is 6.92 Å². The molecule has 110 valence electrons. The molecule has 7 heteroatoms. The van der Waals surface area contributed by atoms with Gasteiger partial charge in [-0.2, -0.15) is 0 Å². The monoisotopic (exact) mass is 371 g/mol. The molecule has 0 saturated heterocycles. The summed E-state index contributed by atoms with van der Waals surface area (Å²) in [5, 5.41) is 5.80.